The fourth-order valence-electron chi connectivity index (χ4n) is 2.07. The van der Waals surface area contributed by atoms with Crippen molar-refractivity contribution in [2.24, 2.45) is 0 Å². The molecular weight excluding hydrogens is 372 g/mol. The Morgan fingerprint density at radius 2 is 2.15 bits per heavy atom. The van der Waals surface area contributed by atoms with Crippen LogP contribution in [-0.2, 0) is 11.3 Å². The quantitative estimate of drug-likeness (QED) is 0.762. The van der Waals surface area contributed by atoms with Gasteiger partial charge in [-0.05, 0) is 59.0 Å². The Hall–Kier alpha value is -0.920. The van der Waals surface area contributed by atoms with Crippen molar-refractivity contribution < 1.29 is 13.5 Å². The Labute approximate surface area is 131 Å². The van der Waals surface area contributed by atoms with Gasteiger partial charge in [0.15, 0.2) is 0 Å². The zero-order chi connectivity index (χ0) is 14.5. The lowest BCUT2D eigenvalue weighted by Crippen LogP contribution is -2.22. The number of rotatable bonds is 6. The first-order valence-corrected chi connectivity index (χ1v) is 7.49. The Kier molecular flexibility index (Phi) is 5.56. The summed E-state index contributed by atoms with van der Waals surface area (Å²) in [5.41, 5.74) is 1.01. The Balaban J connectivity index is 2.34. The summed E-state index contributed by atoms with van der Waals surface area (Å²) < 4.78 is 25.0. The van der Waals surface area contributed by atoms with Crippen LogP contribution in [0.25, 0.3) is 0 Å². The maximum atomic E-state index is 13.2. The highest BCUT2D eigenvalue weighted by Gasteiger charge is 2.19. The minimum absolute atomic E-state index is 0.0851. The summed E-state index contributed by atoms with van der Waals surface area (Å²) in [5, 5.41) is 3.37. The third-order valence-corrected chi connectivity index (χ3v) is 3.87. The van der Waals surface area contributed by atoms with Crippen LogP contribution in [0.1, 0.15) is 30.0 Å². The molecular formula is C15H17FINO2. The molecule has 2 aromatic rings. The highest BCUT2D eigenvalue weighted by atomic mass is 127. The lowest BCUT2D eigenvalue weighted by Gasteiger charge is -2.17. The first kappa shape index (κ1) is 15.5. The molecule has 1 N–H and O–H groups in total. The Bertz CT molecular complexity index is 571. The third-order valence-electron chi connectivity index (χ3n) is 2.94. The molecule has 1 aromatic heterocycles. The van der Waals surface area contributed by atoms with Gasteiger partial charge in [-0.25, -0.2) is 4.39 Å². The van der Waals surface area contributed by atoms with Crippen LogP contribution in [0.4, 0.5) is 4.39 Å². The van der Waals surface area contributed by atoms with Crippen LogP contribution < -0.4 is 5.32 Å². The number of methoxy groups -OCH3 is 1. The van der Waals surface area contributed by atoms with E-state index in [-0.39, 0.29) is 11.9 Å². The second kappa shape index (κ2) is 7.19. The minimum atomic E-state index is -0.229. The molecule has 0 spiro atoms. The second-order valence-electron chi connectivity index (χ2n) is 4.39. The maximum Gasteiger partial charge on any atom is 0.129 e. The van der Waals surface area contributed by atoms with Crippen LogP contribution >= 0.6 is 22.6 Å². The van der Waals surface area contributed by atoms with Gasteiger partial charge in [0.05, 0.1) is 6.04 Å². The largest absolute Gasteiger partial charge is 0.462 e. The van der Waals surface area contributed by atoms with E-state index in [1.165, 1.54) is 12.1 Å². The van der Waals surface area contributed by atoms with Crippen molar-refractivity contribution in [3.05, 3.63) is 56.8 Å². The molecule has 0 bridgehead atoms. The van der Waals surface area contributed by atoms with E-state index >= 15 is 0 Å². The van der Waals surface area contributed by atoms with Gasteiger partial charge in [-0.3, -0.25) is 0 Å². The van der Waals surface area contributed by atoms with Crippen LogP contribution in [0.2, 0.25) is 0 Å². The first-order valence-electron chi connectivity index (χ1n) is 6.41. The van der Waals surface area contributed by atoms with Gasteiger partial charge in [0.25, 0.3) is 0 Å². The fourth-order valence-corrected chi connectivity index (χ4v) is 2.86. The van der Waals surface area contributed by atoms with Crippen LogP contribution in [0.5, 0.6) is 0 Å². The van der Waals surface area contributed by atoms with E-state index in [9.17, 15) is 4.39 Å². The summed E-state index contributed by atoms with van der Waals surface area (Å²) in [6.07, 6.45) is 0. The van der Waals surface area contributed by atoms with E-state index in [1.54, 1.807) is 13.2 Å². The highest BCUT2D eigenvalue weighted by molar-refractivity contribution is 14.1. The summed E-state index contributed by atoms with van der Waals surface area (Å²) in [6, 6.07) is 8.54. The zero-order valence-corrected chi connectivity index (χ0v) is 13.6. The predicted octanol–water partition coefficient (Wildman–Crippen LogP) is 3.87. The molecule has 3 nitrogen and oxygen atoms in total. The van der Waals surface area contributed by atoms with Crippen molar-refractivity contribution >= 4 is 22.6 Å². The number of furan rings is 1. The van der Waals surface area contributed by atoms with Gasteiger partial charge >= 0.3 is 0 Å². The first-order chi connectivity index (χ1) is 9.65. The van der Waals surface area contributed by atoms with Gasteiger partial charge in [-0.1, -0.05) is 13.0 Å². The standard InChI is InChI=1S/C15H17FINO2/c1-3-18-15(12-6-4-10(16)8-13(12)17)14-7-5-11(20-14)9-19-2/h4-8,15,18H,3,9H2,1-2H3. The Morgan fingerprint density at radius 3 is 2.80 bits per heavy atom. The van der Waals surface area contributed by atoms with Crippen LogP contribution in [0.3, 0.4) is 0 Å². The molecule has 2 rings (SSSR count). The van der Waals surface area contributed by atoms with Crippen molar-refractivity contribution in [1.82, 2.24) is 5.32 Å². The van der Waals surface area contributed by atoms with E-state index in [4.69, 9.17) is 9.15 Å². The molecule has 0 radical (unpaired) electrons. The molecule has 0 aliphatic carbocycles. The number of hydrogen-bond donors (Lipinski definition) is 1. The topological polar surface area (TPSA) is 34.4 Å². The van der Waals surface area contributed by atoms with Crippen molar-refractivity contribution in [3.63, 3.8) is 0 Å². The van der Waals surface area contributed by atoms with Gasteiger partial charge in [-0.15, -0.1) is 0 Å². The molecule has 1 unspecified atom stereocenters. The summed E-state index contributed by atoms with van der Waals surface area (Å²) in [4.78, 5) is 0. The maximum absolute atomic E-state index is 13.2. The molecule has 1 aromatic carbocycles. The summed E-state index contributed by atoms with van der Waals surface area (Å²) in [5.74, 6) is 1.36. The van der Waals surface area contributed by atoms with Gasteiger partial charge in [0.2, 0.25) is 0 Å². The van der Waals surface area contributed by atoms with Crippen molar-refractivity contribution in [1.29, 1.82) is 0 Å². The average Bonchev–Trinajstić information content (AvgIpc) is 2.86. The molecule has 0 aliphatic heterocycles. The SMILES string of the molecule is CCNC(c1ccc(COC)o1)c1ccc(F)cc1I. The predicted molar refractivity (Wildman–Crippen MR) is 84.1 cm³/mol. The molecule has 5 heteroatoms. The second-order valence-corrected chi connectivity index (χ2v) is 5.56. The van der Waals surface area contributed by atoms with Crippen molar-refractivity contribution in [2.75, 3.05) is 13.7 Å². The third kappa shape index (κ3) is 3.59. The monoisotopic (exact) mass is 389 g/mol. The van der Waals surface area contributed by atoms with Crippen LogP contribution in [0, 0.1) is 9.39 Å². The number of nitrogens with one attached hydrogen (secondary N) is 1. The van der Waals surface area contributed by atoms with E-state index in [2.05, 4.69) is 27.9 Å². The molecule has 20 heavy (non-hydrogen) atoms. The Morgan fingerprint density at radius 1 is 1.35 bits per heavy atom. The van der Waals surface area contributed by atoms with Crippen molar-refractivity contribution in [2.45, 2.75) is 19.6 Å². The molecule has 0 saturated carbocycles. The van der Waals surface area contributed by atoms with Crippen molar-refractivity contribution in [3.8, 4) is 0 Å². The van der Waals surface area contributed by atoms with Gasteiger partial charge in [0.1, 0.15) is 23.9 Å². The van der Waals surface area contributed by atoms with Crippen LogP contribution in [0.15, 0.2) is 34.7 Å². The zero-order valence-electron chi connectivity index (χ0n) is 11.5. The molecule has 0 saturated heterocycles. The number of ether oxygens (including phenoxy) is 1. The van der Waals surface area contributed by atoms with E-state index in [0.717, 1.165) is 27.2 Å². The highest BCUT2D eigenvalue weighted by Crippen LogP contribution is 2.28. The summed E-state index contributed by atoms with van der Waals surface area (Å²) in [7, 11) is 1.63. The van der Waals surface area contributed by atoms with E-state index < -0.39 is 0 Å². The average molecular weight is 389 g/mol. The summed E-state index contributed by atoms with van der Waals surface area (Å²) in [6.45, 7) is 3.26. The molecule has 0 aliphatic rings. The fraction of sp³-hybridized carbons (Fsp3) is 0.333. The summed E-state index contributed by atoms with van der Waals surface area (Å²) >= 11 is 2.14. The normalized spacial score (nSPS) is 12.6. The van der Waals surface area contributed by atoms with E-state index in [0.29, 0.717) is 6.61 Å². The molecule has 1 atom stereocenters. The molecule has 0 amide bonds. The number of halogens is 2. The lowest BCUT2D eigenvalue weighted by atomic mass is 10.0. The van der Waals surface area contributed by atoms with Gasteiger partial charge < -0.3 is 14.5 Å². The molecule has 0 fully saturated rings. The smallest absolute Gasteiger partial charge is 0.129 e. The minimum Gasteiger partial charge on any atom is -0.462 e. The number of hydrogen-bond acceptors (Lipinski definition) is 3. The number of benzene rings is 1. The molecule has 1 heterocycles. The van der Waals surface area contributed by atoms with Gasteiger partial charge in [-0.2, -0.15) is 0 Å². The lowest BCUT2D eigenvalue weighted by molar-refractivity contribution is 0.162. The molecule has 108 valence electrons. The van der Waals surface area contributed by atoms with E-state index in [1.807, 2.05) is 19.1 Å². The van der Waals surface area contributed by atoms with Gasteiger partial charge in [0, 0.05) is 10.7 Å². The van der Waals surface area contributed by atoms with Crippen LogP contribution in [-0.4, -0.2) is 13.7 Å².